The fourth-order valence-electron chi connectivity index (χ4n) is 1.81. The molecule has 0 N–H and O–H groups in total. The minimum absolute atomic E-state index is 0.0335. The highest BCUT2D eigenvalue weighted by molar-refractivity contribution is 4.93. The Morgan fingerprint density at radius 2 is 1.71 bits per heavy atom. The fourth-order valence-corrected chi connectivity index (χ4v) is 1.81. The summed E-state index contributed by atoms with van der Waals surface area (Å²) >= 11 is 0. The summed E-state index contributed by atoms with van der Waals surface area (Å²) in [4.78, 5) is 0. The van der Waals surface area contributed by atoms with Crippen LogP contribution in [0.15, 0.2) is 25.3 Å². The van der Waals surface area contributed by atoms with Crippen LogP contribution in [0.3, 0.4) is 0 Å². The molecule has 0 radical (unpaired) electrons. The normalized spacial score (nSPS) is 11.3. The zero-order chi connectivity index (χ0) is 10.9. The molecule has 1 nitrogen and oxygen atoms in total. The van der Waals surface area contributed by atoms with E-state index < -0.39 is 0 Å². The molecule has 1 heteroatoms. The number of unbranched alkanes of at least 4 members (excludes halogenated alkanes) is 1. The van der Waals surface area contributed by atoms with Gasteiger partial charge in [-0.15, -0.1) is 13.2 Å². The molecule has 0 spiro atoms. The maximum Gasteiger partial charge on any atom is 0.0750 e. The molecule has 0 amide bonds. The number of rotatable bonds is 9. The predicted octanol–water partition coefficient (Wildman–Crippen LogP) is 4.10. The first kappa shape index (κ1) is 13.4. The van der Waals surface area contributed by atoms with Gasteiger partial charge in [0.1, 0.15) is 0 Å². The van der Waals surface area contributed by atoms with Crippen LogP contribution in [0.2, 0.25) is 0 Å². The number of hydrogen-bond acceptors (Lipinski definition) is 1. The Kier molecular flexibility index (Phi) is 7.50. The summed E-state index contributed by atoms with van der Waals surface area (Å²) in [6.07, 6.45) is 9.28. The van der Waals surface area contributed by atoms with E-state index in [9.17, 15) is 0 Å². The van der Waals surface area contributed by atoms with Gasteiger partial charge in [-0.25, -0.2) is 0 Å². The first-order valence-electron chi connectivity index (χ1n) is 5.60. The summed E-state index contributed by atoms with van der Waals surface area (Å²) in [5.74, 6) is 0. The van der Waals surface area contributed by atoms with Crippen molar-refractivity contribution >= 4 is 0 Å². The van der Waals surface area contributed by atoms with E-state index in [1.165, 1.54) is 12.8 Å². The van der Waals surface area contributed by atoms with Gasteiger partial charge >= 0.3 is 0 Å². The Morgan fingerprint density at radius 3 is 2.07 bits per heavy atom. The second-order valence-corrected chi connectivity index (χ2v) is 3.71. The van der Waals surface area contributed by atoms with Gasteiger partial charge in [0, 0.05) is 6.61 Å². The van der Waals surface area contributed by atoms with Crippen LogP contribution in [-0.4, -0.2) is 12.2 Å². The largest absolute Gasteiger partial charge is 0.375 e. The average molecular weight is 196 g/mol. The molecule has 0 fully saturated rings. The molecule has 0 aromatic carbocycles. The molecule has 0 aromatic heterocycles. The van der Waals surface area contributed by atoms with Crippen LogP contribution in [0.4, 0.5) is 0 Å². The molecule has 0 unspecified atom stereocenters. The van der Waals surface area contributed by atoms with Crippen LogP contribution in [-0.2, 0) is 4.74 Å². The minimum atomic E-state index is -0.0335. The van der Waals surface area contributed by atoms with E-state index in [0.717, 1.165) is 25.9 Å². The standard InChI is InChI=1S/C13H24O/c1-5-9-12-13(10-6-2,11-7-3)14-8-4/h6-7H,2-3,5,8-12H2,1,4H3. The quantitative estimate of drug-likeness (QED) is 0.504. The van der Waals surface area contributed by atoms with Gasteiger partial charge in [0.25, 0.3) is 0 Å². The van der Waals surface area contributed by atoms with Crippen molar-refractivity contribution in [2.45, 2.75) is 51.6 Å². The van der Waals surface area contributed by atoms with Crippen LogP contribution in [0, 0.1) is 0 Å². The van der Waals surface area contributed by atoms with Gasteiger partial charge in [0.2, 0.25) is 0 Å². The molecule has 0 rings (SSSR count). The van der Waals surface area contributed by atoms with Crippen molar-refractivity contribution < 1.29 is 4.74 Å². The second kappa shape index (κ2) is 7.81. The van der Waals surface area contributed by atoms with Gasteiger partial charge < -0.3 is 4.74 Å². The smallest absolute Gasteiger partial charge is 0.0750 e. The Labute approximate surface area is 88.9 Å². The third-order valence-corrected chi connectivity index (χ3v) is 2.47. The third kappa shape index (κ3) is 4.61. The second-order valence-electron chi connectivity index (χ2n) is 3.71. The summed E-state index contributed by atoms with van der Waals surface area (Å²) in [5.41, 5.74) is -0.0335. The van der Waals surface area contributed by atoms with Crippen molar-refractivity contribution in [3.8, 4) is 0 Å². The lowest BCUT2D eigenvalue weighted by Gasteiger charge is -2.32. The Hall–Kier alpha value is -0.560. The molecule has 0 aliphatic carbocycles. The predicted molar refractivity (Wildman–Crippen MR) is 63.5 cm³/mol. The SMILES string of the molecule is C=CCC(CC=C)(CCCC)OCC. The highest BCUT2D eigenvalue weighted by Gasteiger charge is 2.26. The van der Waals surface area contributed by atoms with Crippen molar-refractivity contribution in [2.24, 2.45) is 0 Å². The summed E-state index contributed by atoms with van der Waals surface area (Å²) in [6.45, 7) is 12.6. The van der Waals surface area contributed by atoms with Crippen molar-refractivity contribution in [1.82, 2.24) is 0 Å². The van der Waals surface area contributed by atoms with Crippen LogP contribution in [0.25, 0.3) is 0 Å². The highest BCUT2D eigenvalue weighted by Crippen LogP contribution is 2.28. The van der Waals surface area contributed by atoms with Crippen LogP contribution in [0.5, 0.6) is 0 Å². The van der Waals surface area contributed by atoms with E-state index in [-0.39, 0.29) is 5.60 Å². The van der Waals surface area contributed by atoms with Crippen molar-refractivity contribution in [3.05, 3.63) is 25.3 Å². The maximum absolute atomic E-state index is 5.87. The molecular weight excluding hydrogens is 172 g/mol. The average Bonchev–Trinajstić information content (AvgIpc) is 2.16. The number of hydrogen-bond donors (Lipinski definition) is 0. The molecule has 82 valence electrons. The van der Waals surface area contributed by atoms with E-state index >= 15 is 0 Å². The summed E-state index contributed by atoms with van der Waals surface area (Å²) in [7, 11) is 0. The lowest BCUT2D eigenvalue weighted by Crippen LogP contribution is -2.31. The van der Waals surface area contributed by atoms with Gasteiger partial charge in [0.05, 0.1) is 5.60 Å². The third-order valence-electron chi connectivity index (χ3n) is 2.47. The van der Waals surface area contributed by atoms with Gasteiger partial charge in [-0.05, 0) is 26.2 Å². The zero-order valence-electron chi connectivity index (χ0n) is 9.72. The molecule has 14 heavy (non-hydrogen) atoms. The van der Waals surface area contributed by atoms with Gasteiger partial charge in [0.15, 0.2) is 0 Å². The molecule has 0 heterocycles. The van der Waals surface area contributed by atoms with Crippen molar-refractivity contribution in [2.75, 3.05) is 6.61 Å². The molecule has 0 saturated carbocycles. The van der Waals surface area contributed by atoms with E-state index in [1.807, 2.05) is 19.1 Å². The molecule has 0 atom stereocenters. The molecule has 0 aromatic rings. The Morgan fingerprint density at radius 1 is 1.14 bits per heavy atom. The highest BCUT2D eigenvalue weighted by atomic mass is 16.5. The van der Waals surface area contributed by atoms with Crippen LogP contribution < -0.4 is 0 Å². The fraction of sp³-hybridized carbons (Fsp3) is 0.692. The van der Waals surface area contributed by atoms with Crippen molar-refractivity contribution in [1.29, 1.82) is 0 Å². The number of ether oxygens (including phenoxy) is 1. The molecule has 0 aliphatic heterocycles. The lowest BCUT2D eigenvalue weighted by molar-refractivity contribution is -0.0424. The van der Waals surface area contributed by atoms with E-state index in [0.29, 0.717) is 0 Å². The van der Waals surface area contributed by atoms with E-state index in [2.05, 4.69) is 20.1 Å². The summed E-state index contributed by atoms with van der Waals surface area (Å²) in [5, 5.41) is 0. The van der Waals surface area contributed by atoms with Gasteiger partial charge in [-0.1, -0.05) is 31.9 Å². The maximum atomic E-state index is 5.87. The Balaban J connectivity index is 4.35. The van der Waals surface area contributed by atoms with Crippen LogP contribution in [0.1, 0.15) is 46.0 Å². The van der Waals surface area contributed by atoms with Crippen LogP contribution >= 0.6 is 0 Å². The monoisotopic (exact) mass is 196 g/mol. The Bertz CT molecular complexity index is 151. The topological polar surface area (TPSA) is 9.23 Å². The zero-order valence-corrected chi connectivity index (χ0v) is 9.72. The minimum Gasteiger partial charge on any atom is -0.375 e. The van der Waals surface area contributed by atoms with E-state index in [1.54, 1.807) is 0 Å². The lowest BCUT2D eigenvalue weighted by atomic mass is 9.89. The molecule has 0 aliphatic rings. The molecule has 0 bridgehead atoms. The molecule has 0 saturated heterocycles. The first-order valence-corrected chi connectivity index (χ1v) is 5.60. The summed E-state index contributed by atoms with van der Waals surface area (Å²) < 4.78 is 5.87. The van der Waals surface area contributed by atoms with Gasteiger partial charge in [-0.2, -0.15) is 0 Å². The molecular formula is C13H24O. The first-order chi connectivity index (χ1) is 6.74. The van der Waals surface area contributed by atoms with Gasteiger partial charge in [-0.3, -0.25) is 0 Å². The summed E-state index contributed by atoms with van der Waals surface area (Å²) in [6, 6.07) is 0. The van der Waals surface area contributed by atoms with Crippen molar-refractivity contribution in [3.63, 3.8) is 0 Å². The van der Waals surface area contributed by atoms with E-state index in [4.69, 9.17) is 4.74 Å².